The first kappa shape index (κ1) is 21.4. The second-order valence-electron chi connectivity index (χ2n) is 9.92. The van der Waals surface area contributed by atoms with Crippen LogP contribution in [0, 0.1) is 11.7 Å². The number of hydrazone groups is 1. The van der Waals surface area contributed by atoms with E-state index in [-0.39, 0.29) is 17.8 Å². The molecule has 1 aromatic rings. The number of carboxylic acids is 1. The van der Waals surface area contributed by atoms with E-state index < -0.39 is 5.97 Å². The first-order valence-electron chi connectivity index (χ1n) is 12.1. The highest BCUT2D eigenvalue weighted by Gasteiger charge is 2.39. The summed E-state index contributed by atoms with van der Waals surface area (Å²) in [4.78, 5) is 15.9. The summed E-state index contributed by atoms with van der Waals surface area (Å²) in [5.41, 5.74) is 11.4. The number of carbonyl (C=O) groups is 1. The fourth-order valence-electron chi connectivity index (χ4n) is 6.13. The molecule has 6 rings (SSSR count). The van der Waals surface area contributed by atoms with Gasteiger partial charge in [-0.3, -0.25) is 15.1 Å². The summed E-state index contributed by atoms with van der Waals surface area (Å²) in [5.74, 6) is -1.10. The Labute approximate surface area is 198 Å². The van der Waals surface area contributed by atoms with Crippen LogP contribution in [0.5, 0.6) is 0 Å². The van der Waals surface area contributed by atoms with Crippen LogP contribution < -0.4 is 5.43 Å². The van der Waals surface area contributed by atoms with Gasteiger partial charge in [0.2, 0.25) is 0 Å². The van der Waals surface area contributed by atoms with Gasteiger partial charge in [0.05, 0.1) is 23.4 Å². The lowest BCUT2D eigenvalue weighted by molar-refractivity contribution is -0.147. The summed E-state index contributed by atoms with van der Waals surface area (Å²) < 4.78 is 14.6. The van der Waals surface area contributed by atoms with Gasteiger partial charge in [-0.1, -0.05) is 19.1 Å². The van der Waals surface area contributed by atoms with Crippen LogP contribution in [0.15, 0.2) is 52.4 Å². The van der Waals surface area contributed by atoms with Crippen LogP contribution in [0.2, 0.25) is 0 Å². The molecule has 34 heavy (non-hydrogen) atoms. The Hall–Kier alpha value is -3.19. The van der Waals surface area contributed by atoms with Gasteiger partial charge in [0.25, 0.3) is 0 Å². The third-order valence-electron chi connectivity index (χ3n) is 8.04. The number of allylic oxidation sites excluding steroid dienone is 2. The quantitative estimate of drug-likeness (QED) is 0.712. The molecule has 6 nitrogen and oxygen atoms in total. The SMILES string of the molecule is CC[C@H]1C(C2=CCN([C@H]3C[C@H](C(=O)O)C3)CC2)=C2NN=C3C=Cc4cc(F)cc(c43)C2=CN1C. The molecule has 3 heterocycles. The Morgan fingerprint density at radius 1 is 1.29 bits per heavy atom. The highest BCUT2D eigenvalue weighted by molar-refractivity contribution is 6.20. The van der Waals surface area contributed by atoms with Crippen LogP contribution in [0.3, 0.4) is 0 Å². The van der Waals surface area contributed by atoms with E-state index in [9.17, 15) is 14.3 Å². The Bertz CT molecular complexity index is 1240. The standard InChI is InChI=1S/C27H29FN4O2/c1-3-23-25(15-6-8-32(9-7-15)19-11-17(12-19)27(33)34)26-21(14-31(23)2)20-13-18(28)10-16-4-5-22(24(16)20)29-30-26/h4-6,10,13-14,17,19,23,30H,3,7-9,11-12H2,1-2H3,(H,33,34)/t17-,19-,23-/m0/s1. The fourth-order valence-corrected chi connectivity index (χ4v) is 6.13. The molecule has 0 saturated heterocycles. The monoisotopic (exact) mass is 460 g/mol. The molecule has 2 N–H and O–H groups in total. The average Bonchev–Trinajstić information content (AvgIpc) is 3.11. The molecular weight excluding hydrogens is 431 g/mol. The van der Waals surface area contributed by atoms with Gasteiger partial charge in [-0.2, -0.15) is 5.10 Å². The maximum absolute atomic E-state index is 14.6. The van der Waals surface area contributed by atoms with E-state index in [2.05, 4.69) is 41.5 Å². The van der Waals surface area contributed by atoms with Crippen molar-refractivity contribution in [3.05, 3.63) is 69.8 Å². The van der Waals surface area contributed by atoms with E-state index in [0.29, 0.717) is 6.04 Å². The van der Waals surface area contributed by atoms with Crippen molar-refractivity contribution in [2.75, 3.05) is 20.1 Å². The molecule has 2 aliphatic carbocycles. The van der Waals surface area contributed by atoms with Crippen molar-refractivity contribution in [1.82, 2.24) is 15.2 Å². The molecule has 0 unspecified atom stereocenters. The normalized spacial score (nSPS) is 27.7. The van der Waals surface area contributed by atoms with E-state index in [1.807, 2.05) is 12.2 Å². The molecule has 1 aromatic carbocycles. The summed E-state index contributed by atoms with van der Waals surface area (Å²) in [5, 5.41) is 13.9. The number of nitrogens with one attached hydrogen (secondary N) is 1. The van der Waals surface area contributed by atoms with Crippen molar-refractivity contribution < 1.29 is 14.3 Å². The number of aliphatic carboxylic acids is 1. The lowest BCUT2D eigenvalue weighted by Crippen LogP contribution is -2.48. The molecule has 1 fully saturated rings. The Kier molecular flexibility index (Phi) is 4.99. The van der Waals surface area contributed by atoms with Crippen LogP contribution in [0.25, 0.3) is 11.6 Å². The molecule has 3 aliphatic heterocycles. The molecule has 0 bridgehead atoms. The Morgan fingerprint density at radius 2 is 2.12 bits per heavy atom. The molecule has 1 atom stereocenters. The van der Waals surface area contributed by atoms with Crippen molar-refractivity contribution in [2.24, 2.45) is 11.0 Å². The molecule has 5 aliphatic rings. The van der Waals surface area contributed by atoms with Crippen LogP contribution in [0.1, 0.15) is 49.3 Å². The first-order valence-corrected chi connectivity index (χ1v) is 12.1. The van der Waals surface area contributed by atoms with Crippen LogP contribution in [0.4, 0.5) is 4.39 Å². The van der Waals surface area contributed by atoms with Gasteiger partial charge in [-0.05, 0) is 60.6 Å². The zero-order valence-corrected chi connectivity index (χ0v) is 19.5. The number of likely N-dealkylation sites (N-methyl/N-ethyl adjacent to an activating group) is 1. The molecule has 0 amide bonds. The van der Waals surface area contributed by atoms with Gasteiger partial charge in [0.1, 0.15) is 5.82 Å². The second-order valence-corrected chi connectivity index (χ2v) is 9.92. The average molecular weight is 461 g/mol. The molecule has 0 spiro atoms. The van der Waals surface area contributed by atoms with Crippen LogP contribution in [-0.2, 0) is 4.79 Å². The highest BCUT2D eigenvalue weighted by atomic mass is 19.1. The van der Waals surface area contributed by atoms with Crippen LogP contribution in [-0.4, -0.2) is 58.8 Å². The Balaban J connectivity index is 1.38. The van der Waals surface area contributed by atoms with E-state index in [1.54, 1.807) is 12.1 Å². The molecule has 176 valence electrons. The summed E-state index contributed by atoms with van der Waals surface area (Å²) in [6.07, 6.45) is 11.6. The number of carboxylic acid groups (broad SMARTS) is 1. The van der Waals surface area contributed by atoms with Crippen molar-refractivity contribution in [3.8, 4) is 0 Å². The van der Waals surface area contributed by atoms with Crippen molar-refractivity contribution in [1.29, 1.82) is 0 Å². The molecule has 0 aromatic heterocycles. The second kappa shape index (κ2) is 7.94. The number of halogens is 1. The zero-order valence-electron chi connectivity index (χ0n) is 19.5. The third-order valence-corrected chi connectivity index (χ3v) is 8.04. The maximum atomic E-state index is 14.6. The topological polar surface area (TPSA) is 68.2 Å². The van der Waals surface area contributed by atoms with Gasteiger partial charge in [0.15, 0.2) is 0 Å². The fraction of sp³-hybridized carbons (Fsp3) is 0.407. The van der Waals surface area contributed by atoms with E-state index in [0.717, 1.165) is 72.4 Å². The van der Waals surface area contributed by atoms with E-state index >= 15 is 0 Å². The van der Waals surface area contributed by atoms with Crippen molar-refractivity contribution >= 4 is 23.3 Å². The number of rotatable bonds is 4. The van der Waals surface area contributed by atoms with Gasteiger partial charge in [-0.15, -0.1) is 0 Å². The minimum Gasteiger partial charge on any atom is -0.481 e. The van der Waals surface area contributed by atoms with E-state index in [1.165, 1.54) is 11.1 Å². The van der Waals surface area contributed by atoms with E-state index in [4.69, 9.17) is 5.10 Å². The van der Waals surface area contributed by atoms with Crippen molar-refractivity contribution in [2.45, 2.75) is 44.7 Å². The van der Waals surface area contributed by atoms with Gasteiger partial charge < -0.3 is 10.0 Å². The minimum atomic E-state index is -0.672. The molecule has 1 saturated carbocycles. The smallest absolute Gasteiger partial charge is 0.306 e. The zero-order chi connectivity index (χ0) is 23.6. The van der Waals surface area contributed by atoms with Crippen molar-refractivity contribution in [3.63, 3.8) is 0 Å². The number of nitrogens with zero attached hydrogens (tertiary/aromatic N) is 3. The lowest BCUT2D eigenvalue weighted by atomic mass is 9.78. The predicted molar refractivity (Wildman–Crippen MR) is 130 cm³/mol. The highest BCUT2D eigenvalue weighted by Crippen LogP contribution is 2.43. The maximum Gasteiger partial charge on any atom is 0.306 e. The van der Waals surface area contributed by atoms with Crippen LogP contribution >= 0.6 is 0 Å². The van der Waals surface area contributed by atoms with Gasteiger partial charge in [0, 0.05) is 49.1 Å². The minimum absolute atomic E-state index is 0.190. The predicted octanol–water partition coefficient (Wildman–Crippen LogP) is 3.97. The molecule has 0 radical (unpaired) electrons. The lowest BCUT2D eigenvalue weighted by Gasteiger charge is -2.43. The summed E-state index contributed by atoms with van der Waals surface area (Å²) in [7, 11) is 2.10. The number of benzene rings is 1. The summed E-state index contributed by atoms with van der Waals surface area (Å²) in [6.45, 7) is 3.94. The van der Waals surface area contributed by atoms with Gasteiger partial charge in [-0.25, -0.2) is 4.39 Å². The number of hydrogen-bond acceptors (Lipinski definition) is 5. The third kappa shape index (κ3) is 3.25. The summed E-state index contributed by atoms with van der Waals surface area (Å²) in [6, 6.07) is 3.77. The molecular formula is C27H29FN4O2. The largest absolute Gasteiger partial charge is 0.481 e. The number of fused-ring (bicyclic) bond motifs is 2. The number of hydrogen-bond donors (Lipinski definition) is 2. The first-order chi connectivity index (χ1) is 16.4. The Morgan fingerprint density at radius 3 is 2.82 bits per heavy atom. The van der Waals surface area contributed by atoms with Gasteiger partial charge >= 0.3 is 5.97 Å². The molecule has 7 heteroatoms. The summed E-state index contributed by atoms with van der Waals surface area (Å²) >= 11 is 0.